The number of hydrogen-bond donors (Lipinski definition) is 1. The fourth-order valence-corrected chi connectivity index (χ4v) is 10.6. The smallest absolute Gasteiger partial charge is 0.293 e. The van der Waals surface area contributed by atoms with E-state index in [1.165, 1.54) is 38.1 Å². The third kappa shape index (κ3) is 7.66. The lowest BCUT2D eigenvalue weighted by molar-refractivity contribution is -0.123. The molecule has 2 fully saturated rings. The van der Waals surface area contributed by atoms with Gasteiger partial charge in [0.25, 0.3) is 18.8 Å². The second kappa shape index (κ2) is 15.4. The molecule has 0 spiro atoms. The van der Waals surface area contributed by atoms with E-state index in [2.05, 4.69) is 27.4 Å². The van der Waals surface area contributed by atoms with Crippen molar-refractivity contribution in [2.45, 2.75) is 107 Å². The number of nitrogens with zero attached hydrogens (tertiary/aromatic N) is 5. The summed E-state index contributed by atoms with van der Waals surface area (Å²) in [6, 6.07) is 7.10. The summed E-state index contributed by atoms with van der Waals surface area (Å²) in [6.07, 6.45) is -5.14. The Labute approximate surface area is 349 Å². The molecule has 3 aliphatic rings. The number of nitrogens with one attached hydrogen (secondary N) is 1. The number of carbonyl (C=O) groups is 1. The Kier molecular flexibility index (Phi) is 10.8. The summed E-state index contributed by atoms with van der Waals surface area (Å²) in [4.78, 5) is 18.8. The van der Waals surface area contributed by atoms with Crippen LogP contribution in [0.4, 0.5) is 35.1 Å². The Morgan fingerprint density at radius 2 is 1.66 bits per heavy atom. The molecule has 322 valence electrons. The number of sulfone groups is 1. The predicted octanol–water partition coefficient (Wildman–Crippen LogP) is 9.14. The van der Waals surface area contributed by atoms with Crippen molar-refractivity contribution in [1.82, 2.24) is 29.9 Å². The standard InChI is InChI=1S/C42H37ClF8N6O3S/c1-20-34-30(43)11-9-27(38(34)56(54-20)18-32(46)47)26-7-4-24(12-13-41(2,3)61(59,60)25-5-6-25)52-36(26)31(16-21-14-22(44)17-23(45)15-21)53-33(58)19-57-39-35(37(55-57)40(48)49)28-8-10-29(28)42(39,50)51/h4,7,9,11,14-15,17,25,28-29,31-32,40H,5-6,8,10,16,18-19H2,1-3H3,(H,53,58)/t28-,29+,31-/m0/s1. The summed E-state index contributed by atoms with van der Waals surface area (Å²) in [5, 5.41) is 10.7. The number of benzene rings is 2. The molecule has 61 heavy (non-hydrogen) atoms. The van der Waals surface area contributed by atoms with Crippen molar-refractivity contribution in [3.63, 3.8) is 0 Å². The molecule has 0 unspecified atom stereocenters. The number of rotatable bonds is 12. The summed E-state index contributed by atoms with van der Waals surface area (Å²) in [7, 11) is -3.69. The van der Waals surface area contributed by atoms with E-state index in [-0.39, 0.29) is 57.0 Å². The van der Waals surface area contributed by atoms with E-state index in [0.717, 1.165) is 16.8 Å². The van der Waals surface area contributed by atoms with Gasteiger partial charge in [0.1, 0.15) is 46.6 Å². The summed E-state index contributed by atoms with van der Waals surface area (Å²) in [5.74, 6) is -3.01. The van der Waals surface area contributed by atoms with Crippen molar-refractivity contribution in [2.75, 3.05) is 0 Å². The lowest BCUT2D eigenvalue weighted by Crippen LogP contribution is -2.36. The van der Waals surface area contributed by atoms with E-state index in [1.54, 1.807) is 6.92 Å². The molecule has 8 rings (SSSR count). The van der Waals surface area contributed by atoms with Crippen LogP contribution < -0.4 is 5.32 Å². The Morgan fingerprint density at radius 1 is 0.967 bits per heavy atom. The third-order valence-corrected chi connectivity index (χ3v) is 14.9. The molecule has 19 heteroatoms. The number of halogens is 9. The maximum atomic E-state index is 15.7. The number of alkyl halides is 6. The van der Waals surface area contributed by atoms with Crippen LogP contribution in [-0.4, -0.2) is 55.3 Å². The van der Waals surface area contributed by atoms with Crippen LogP contribution in [0.5, 0.6) is 0 Å². The second-order valence-corrected chi connectivity index (χ2v) is 19.4. The number of carbonyl (C=O) groups excluding carboxylic acids is 1. The minimum atomic E-state index is -3.69. The normalized spacial score (nSPS) is 18.8. The molecule has 0 radical (unpaired) electrons. The maximum Gasteiger partial charge on any atom is 0.293 e. The SMILES string of the molecule is Cc1nn(CC(F)F)c2c(-c3ccc(C#CC(C)(C)S(=O)(=O)C4CC4)nc3[C@H](Cc3cc(F)cc(F)c3)NC(=O)Cn3nc(C(F)F)c4c3C(F)(F)[C@@H]3CC[C@H]43)ccc(Cl)c12. The summed E-state index contributed by atoms with van der Waals surface area (Å²) < 4.78 is 144. The molecular weight excluding hydrogens is 856 g/mol. The van der Waals surface area contributed by atoms with Crippen LogP contribution in [0.25, 0.3) is 22.0 Å². The average molecular weight is 893 g/mol. The molecule has 0 saturated heterocycles. The van der Waals surface area contributed by atoms with Gasteiger partial charge in [0.2, 0.25) is 5.91 Å². The first kappa shape index (κ1) is 42.7. The molecule has 3 heterocycles. The molecule has 5 aromatic rings. The lowest BCUT2D eigenvalue weighted by Gasteiger charge is -2.34. The molecule has 2 aromatic carbocycles. The van der Waals surface area contributed by atoms with Gasteiger partial charge in [0, 0.05) is 34.1 Å². The summed E-state index contributed by atoms with van der Waals surface area (Å²) >= 11 is 6.57. The molecule has 0 bridgehead atoms. The van der Waals surface area contributed by atoms with E-state index in [1.807, 2.05) is 0 Å². The van der Waals surface area contributed by atoms with Crippen LogP contribution in [0, 0.1) is 36.3 Å². The molecule has 3 atom stereocenters. The number of hydrogen-bond acceptors (Lipinski definition) is 6. The van der Waals surface area contributed by atoms with Crippen molar-refractivity contribution in [1.29, 1.82) is 0 Å². The van der Waals surface area contributed by atoms with Crippen LogP contribution in [0.3, 0.4) is 0 Å². The molecule has 3 aliphatic carbocycles. The van der Waals surface area contributed by atoms with Crippen LogP contribution in [0.15, 0.2) is 42.5 Å². The van der Waals surface area contributed by atoms with Gasteiger partial charge in [-0.15, -0.1) is 0 Å². The van der Waals surface area contributed by atoms with Crippen LogP contribution in [0.2, 0.25) is 5.02 Å². The van der Waals surface area contributed by atoms with E-state index in [4.69, 9.17) is 16.6 Å². The van der Waals surface area contributed by atoms with E-state index in [0.29, 0.717) is 34.7 Å². The number of pyridine rings is 1. The average Bonchev–Trinajstić information content (AvgIpc) is 3.84. The van der Waals surface area contributed by atoms with E-state index < -0.39 is 105 Å². The minimum absolute atomic E-state index is 0.00777. The van der Waals surface area contributed by atoms with Gasteiger partial charge in [-0.1, -0.05) is 23.6 Å². The van der Waals surface area contributed by atoms with Crippen LogP contribution in [0.1, 0.15) is 97.5 Å². The van der Waals surface area contributed by atoms with E-state index >= 15 is 8.78 Å². The van der Waals surface area contributed by atoms with Gasteiger partial charge in [0.15, 0.2) is 9.84 Å². The number of aryl methyl sites for hydroxylation is 1. The highest BCUT2D eigenvalue weighted by atomic mass is 35.5. The maximum absolute atomic E-state index is 15.7. The molecule has 3 aromatic heterocycles. The van der Waals surface area contributed by atoms with Gasteiger partial charge in [-0.2, -0.15) is 19.0 Å². The van der Waals surface area contributed by atoms with Crippen molar-refractivity contribution >= 4 is 38.2 Å². The lowest BCUT2D eigenvalue weighted by atomic mass is 9.73. The number of aromatic nitrogens is 5. The molecule has 2 saturated carbocycles. The first-order chi connectivity index (χ1) is 28.7. The number of amides is 1. The minimum Gasteiger partial charge on any atom is -0.346 e. The molecule has 9 nitrogen and oxygen atoms in total. The molecule has 1 amide bonds. The molecule has 0 aliphatic heterocycles. The van der Waals surface area contributed by atoms with Crippen molar-refractivity contribution in [2.24, 2.45) is 5.92 Å². The monoisotopic (exact) mass is 892 g/mol. The zero-order valence-corrected chi connectivity index (χ0v) is 34.3. The highest BCUT2D eigenvalue weighted by Crippen LogP contribution is 2.63. The third-order valence-electron chi connectivity index (χ3n) is 11.7. The first-order valence-electron chi connectivity index (χ1n) is 19.4. The van der Waals surface area contributed by atoms with Gasteiger partial charge >= 0.3 is 0 Å². The number of fused-ring (bicyclic) bond motifs is 4. The first-order valence-corrected chi connectivity index (χ1v) is 21.3. The second-order valence-electron chi connectivity index (χ2n) is 16.2. The predicted molar refractivity (Wildman–Crippen MR) is 209 cm³/mol. The van der Waals surface area contributed by atoms with Gasteiger partial charge in [-0.3, -0.25) is 14.2 Å². The fourth-order valence-electron chi connectivity index (χ4n) is 8.56. The van der Waals surface area contributed by atoms with Crippen LogP contribution >= 0.6 is 11.6 Å². The molecular formula is C42H37ClF8N6O3S. The van der Waals surface area contributed by atoms with Gasteiger partial charge < -0.3 is 5.32 Å². The Bertz CT molecular complexity index is 2760. The van der Waals surface area contributed by atoms with Crippen molar-refractivity contribution < 1.29 is 48.3 Å². The van der Waals surface area contributed by atoms with Crippen molar-refractivity contribution in [3.8, 4) is 23.0 Å². The van der Waals surface area contributed by atoms with Gasteiger partial charge in [-0.25, -0.2) is 39.7 Å². The quantitative estimate of drug-likeness (QED) is 0.0989. The van der Waals surface area contributed by atoms with Gasteiger partial charge in [-0.05, 0) is 101 Å². The Balaban J connectivity index is 1.29. The summed E-state index contributed by atoms with van der Waals surface area (Å²) in [5.41, 5.74) is -1.15. The molecule has 1 N–H and O–H groups in total. The van der Waals surface area contributed by atoms with Crippen molar-refractivity contribution in [3.05, 3.63) is 98.7 Å². The largest absolute Gasteiger partial charge is 0.346 e. The Morgan fingerprint density at radius 3 is 2.28 bits per heavy atom. The summed E-state index contributed by atoms with van der Waals surface area (Å²) in [6.45, 7) is 2.64. The van der Waals surface area contributed by atoms with Gasteiger partial charge in [0.05, 0.1) is 33.2 Å². The fraction of sp³-hybridized carbons (Fsp3) is 0.429. The topological polar surface area (TPSA) is 112 Å². The highest BCUT2D eigenvalue weighted by molar-refractivity contribution is 7.93. The Hall–Kier alpha value is -5.02. The zero-order chi connectivity index (χ0) is 43.9. The zero-order valence-electron chi connectivity index (χ0n) is 32.7. The highest BCUT2D eigenvalue weighted by Gasteiger charge is 2.62. The van der Waals surface area contributed by atoms with E-state index in [9.17, 15) is 39.6 Å². The van der Waals surface area contributed by atoms with Crippen LogP contribution in [-0.2, 0) is 40.1 Å².